The summed E-state index contributed by atoms with van der Waals surface area (Å²) < 4.78 is 5.51. The third-order valence-corrected chi connectivity index (χ3v) is 5.71. The van der Waals surface area contributed by atoms with E-state index in [1.807, 2.05) is 0 Å². The fourth-order valence-corrected chi connectivity index (χ4v) is 4.17. The number of hydrogen-bond acceptors (Lipinski definition) is 5. The Labute approximate surface area is 180 Å². The van der Waals surface area contributed by atoms with Crippen molar-refractivity contribution in [3.63, 3.8) is 0 Å². The second kappa shape index (κ2) is 8.86. The van der Waals surface area contributed by atoms with E-state index in [0.717, 1.165) is 36.0 Å². The van der Waals surface area contributed by atoms with Gasteiger partial charge in [-0.1, -0.05) is 53.0 Å². The molecule has 29 heavy (non-hydrogen) atoms. The third kappa shape index (κ3) is 4.65. The van der Waals surface area contributed by atoms with Gasteiger partial charge < -0.3 is 14.5 Å². The topological polar surface area (TPSA) is 58.6 Å². The number of rotatable bonds is 4. The molecule has 0 bridgehead atoms. The summed E-state index contributed by atoms with van der Waals surface area (Å²) in [7, 11) is 0. The van der Waals surface area contributed by atoms with E-state index in [2.05, 4.69) is 36.1 Å². The molecule has 0 atom stereocenters. The lowest BCUT2D eigenvalue weighted by Gasteiger charge is -2.34. The molecule has 1 saturated heterocycles. The molecule has 1 aromatic carbocycles. The molecule has 0 N–H and O–H groups in total. The van der Waals surface area contributed by atoms with E-state index in [9.17, 15) is 4.79 Å². The van der Waals surface area contributed by atoms with E-state index in [-0.39, 0.29) is 5.91 Å². The summed E-state index contributed by atoms with van der Waals surface area (Å²) in [4.78, 5) is 25.0. The van der Waals surface area contributed by atoms with Gasteiger partial charge >= 0.3 is 0 Å². The van der Waals surface area contributed by atoms with Crippen LogP contribution in [0.3, 0.4) is 0 Å². The first-order chi connectivity index (χ1) is 14.0. The number of aromatic nitrogens is 2. The largest absolute Gasteiger partial charge is 0.378 e. The summed E-state index contributed by atoms with van der Waals surface area (Å²) >= 11 is 11.6. The van der Waals surface area contributed by atoms with E-state index in [0.29, 0.717) is 39.1 Å². The number of morpholine rings is 1. The first-order valence-corrected chi connectivity index (χ1v) is 10.7. The number of nitrogens with zero attached hydrogens (tertiary/aromatic N) is 4. The van der Waals surface area contributed by atoms with E-state index in [1.54, 1.807) is 4.90 Å². The van der Waals surface area contributed by atoms with Crippen molar-refractivity contribution in [2.24, 2.45) is 0 Å². The Morgan fingerprint density at radius 2 is 2.00 bits per heavy atom. The highest BCUT2D eigenvalue weighted by atomic mass is 35.5. The fraction of sp³-hybridized carbons (Fsp3) is 0.476. The highest BCUT2D eigenvalue weighted by molar-refractivity contribution is 6.53. The molecule has 1 aromatic heterocycles. The minimum absolute atomic E-state index is 0.268. The van der Waals surface area contributed by atoms with Crippen LogP contribution in [0.15, 0.2) is 24.3 Å². The second-order valence-corrected chi connectivity index (χ2v) is 8.56. The first kappa shape index (κ1) is 20.4. The van der Waals surface area contributed by atoms with Crippen LogP contribution in [-0.4, -0.2) is 58.5 Å². The molecule has 0 aliphatic carbocycles. The lowest BCUT2D eigenvalue weighted by atomic mass is 10.0. The molecular formula is C21H24Cl2N4O2. The summed E-state index contributed by atoms with van der Waals surface area (Å²) in [5.74, 6) is 1.44. The Kier molecular flexibility index (Phi) is 6.23. The van der Waals surface area contributed by atoms with Gasteiger partial charge in [0.2, 0.25) is 0 Å². The number of benzene rings is 1. The van der Waals surface area contributed by atoms with Crippen LogP contribution in [0.4, 0.5) is 5.82 Å². The number of aryl methyl sites for hydroxylation is 1. The maximum atomic E-state index is 12.3. The summed E-state index contributed by atoms with van der Waals surface area (Å²) in [6.07, 6.45) is 1.35. The predicted molar refractivity (Wildman–Crippen MR) is 114 cm³/mol. The van der Waals surface area contributed by atoms with Crippen LogP contribution < -0.4 is 4.90 Å². The summed E-state index contributed by atoms with van der Waals surface area (Å²) in [5.41, 5.74) is 4.42. The highest BCUT2D eigenvalue weighted by Gasteiger charge is 2.30. The molecule has 8 heteroatoms. The van der Waals surface area contributed by atoms with Gasteiger partial charge in [0.25, 0.3) is 5.91 Å². The molecule has 4 rings (SSSR count). The minimum atomic E-state index is -1.05. The number of halogens is 2. The molecule has 1 fully saturated rings. The van der Waals surface area contributed by atoms with Gasteiger partial charge in [0.05, 0.1) is 25.5 Å². The van der Waals surface area contributed by atoms with Gasteiger partial charge in [-0.15, -0.1) is 0 Å². The fourth-order valence-electron chi connectivity index (χ4n) is 3.89. The van der Waals surface area contributed by atoms with Crippen LogP contribution in [0.2, 0.25) is 0 Å². The van der Waals surface area contributed by atoms with Crippen LogP contribution in [0.1, 0.15) is 28.2 Å². The van der Waals surface area contributed by atoms with Gasteiger partial charge in [-0.2, -0.15) is 0 Å². The predicted octanol–water partition coefficient (Wildman–Crippen LogP) is 2.90. The molecule has 3 heterocycles. The number of ether oxygens (including phenoxy) is 1. The quantitative estimate of drug-likeness (QED) is 0.692. The lowest BCUT2D eigenvalue weighted by Crippen LogP contribution is -2.42. The van der Waals surface area contributed by atoms with Crippen molar-refractivity contribution < 1.29 is 9.53 Å². The van der Waals surface area contributed by atoms with Gasteiger partial charge in [0.15, 0.2) is 4.84 Å². The number of carbonyl (C=O) groups excluding carboxylic acids is 1. The third-order valence-electron chi connectivity index (χ3n) is 5.34. The van der Waals surface area contributed by atoms with E-state index >= 15 is 0 Å². The molecule has 1 amide bonds. The monoisotopic (exact) mass is 434 g/mol. The zero-order valence-corrected chi connectivity index (χ0v) is 17.9. The van der Waals surface area contributed by atoms with Crippen LogP contribution >= 0.6 is 23.2 Å². The molecular weight excluding hydrogens is 411 g/mol. The second-order valence-electron chi connectivity index (χ2n) is 7.46. The zero-order valence-electron chi connectivity index (χ0n) is 16.4. The van der Waals surface area contributed by atoms with Crippen LogP contribution in [0.5, 0.6) is 0 Å². The molecule has 154 valence electrons. The Hall–Kier alpha value is -1.89. The number of carbonyl (C=O) groups is 1. The van der Waals surface area contributed by atoms with Crippen molar-refractivity contribution in [1.29, 1.82) is 0 Å². The highest BCUT2D eigenvalue weighted by Crippen LogP contribution is 2.29. The molecule has 6 nitrogen and oxygen atoms in total. The molecule has 0 radical (unpaired) electrons. The van der Waals surface area contributed by atoms with Crippen molar-refractivity contribution in [2.75, 3.05) is 37.7 Å². The molecule has 0 saturated carbocycles. The molecule has 2 aromatic rings. The van der Waals surface area contributed by atoms with Crippen molar-refractivity contribution in [2.45, 2.75) is 31.1 Å². The van der Waals surface area contributed by atoms with Gasteiger partial charge in [-0.25, -0.2) is 9.97 Å². The zero-order chi connectivity index (χ0) is 20.4. The Morgan fingerprint density at radius 1 is 1.21 bits per heavy atom. The minimum Gasteiger partial charge on any atom is -0.378 e. The number of fused-ring (bicyclic) bond motifs is 1. The smallest absolute Gasteiger partial charge is 0.256 e. The Bertz CT molecular complexity index is 900. The normalized spacial score (nSPS) is 16.8. The standard InChI is InChI=1S/C21H24Cl2N4O2/c1-14-3-2-4-15(11-14)12-18-24-17-5-6-27(21(28)19(22)23)13-16(17)20(25-18)26-7-9-29-10-8-26/h2-4,11,19H,5-10,12-13H2,1H3. The summed E-state index contributed by atoms with van der Waals surface area (Å²) in [6, 6.07) is 8.41. The van der Waals surface area contributed by atoms with Gasteiger partial charge in [0.1, 0.15) is 11.6 Å². The van der Waals surface area contributed by atoms with Crippen LogP contribution in [0.25, 0.3) is 0 Å². The summed E-state index contributed by atoms with van der Waals surface area (Å²) in [5, 5.41) is 0. The van der Waals surface area contributed by atoms with Gasteiger partial charge in [-0.05, 0) is 12.5 Å². The number of anilines is 1. The average molecular weight is 435 g/mol. The number of alkyl halides is 2. The number of amides is 1. The van der Waals surface area contributed by atoms with E-state index in [4.69, 9.17) is 37.9 Å². The van der Waals surface area contributed by atoms with Crippen molar-refractivity contribution in [3.8, 4) is 0 Å². The maximum Gasteiger partial charge on any atom is 0.256 e. The molecule has 2 aliphatic heterocycles. The summed E-state index contributed by atoms with van der Waals surface area (Å²) in [6.45, 7) is 5.96. The van der Waals surface area contributed by atoms with E-state index in [1.165, 1.54) is 11.1 Å². The SMILES string of the molecule is Cc1cccc(Cc2nc3c(c(N4CCOCC4)n2)CN(C(=O)C(Cl)Cl)CC3)c1. The Morgan fingerprint density at radius 3 is 2.72 bits per heavy atom. The lowest BCUT2D eigenvalue weighted by molar-refractivity contribution is -0.130. The van der Waals surface area contributed by atoms with Crippen molar-refractivity contribution in [3.05, 3.63) is 52.5 Å². The number of hydrogen-bond donors (Lipinski definition) is 0. The molecule has 0 spiro atoms. The molecule has 2 aliphatic rings. The van der Waals surface area contributed by atoms with Gasteiger partial charge in [0, 0.05) is 38.0 Å². The molecule has 0 unspecified atom stereocenters. The maximum absolute atomic E-state index is 12.3. The van der Waals surface area contributed by atoms with Crippen molar-refractivity contribution >= 4 is 34.9 Å². The van der Waals surface area contributed by atoms with E-state index < -0.39 is 4.84 Å². The van der Waals surface area contributed by atoms with Crippen LogP contribution in [0, 0.1) is 6.92 Å². The van der Waals surface area contributed by atoms with Gasteiger partial charge in [-0.3, -0.25) is 4.79 Å². The Balaban J connectivity index is 1.68. The first-order valence-electron chi connectivity index (χ1n) is 9.85. The van der Waals surface area contributed by atoms with Crippen molar-refractivity contribution in [1.82, 2.24) is 14.9 Å². The van der Waals surface area contributed by atoms with Crippen LogP contribution in [-0.2, 0) is 28.9 Å². The average Bonchev–Trinajstić information content (AvgIpc) is 2.73.